The van der Waals surface area contributed by atoms with Gasteiger partial charge in [0.15, 0.2) is 0 Å². The van der Waals surface area contributed by atoms with Gasteiger partial charge in [-0.15, -0.1) is 0 Å². The van der Waals surface area contributed by atoms with Gasteiger partial charge in [0.1, 0.15) is 0 Å². The van der Waals surface area contributed by atoms with Crippen LogP contribution in [0.2, 0.25) is 0 Å². The molecule has 2 rings (SSSR count). The minimum atomic E-state index is -3.98. The van der Waals surface area contributed by atoms with E-state index in [9.17, 15) is 13.5 Å². The molecule has 0 saturated heterocycles. The molecule has 21 heavy (non-hydrogen) atoms. The zero-order valence-corrected chi connectivity index (χ0v) is 17.5. The highest BCUT2D eigenvalue weighted by atomic mass is 127. The zero-order valence-electron chi connectivity index (χ0n) is 10.3. The molecule has 0 radical (unpaired) electrons. The fourth-order valence-electron chi connectivity index (χ4n) is 1.52. The molecule has 2 aromatic carbocycles. The predicted octanol–water partition coefficient (Wildman–Crippen LogP) is 3.00. The summed E-state index contributed by atoms with van der Waals surface area (Å²) >= 11 is 6.20. The van der Waals surface area contributed by atoms with Crippen molar-refractivity contribution in [2.45, 2.75) is 4.90 Å². The second-order valence-corrected chi connectivity index (χ2v) is 9.02. The van der Waals surface area contributed by atoms with Gasteiger partial charge in [0, 0.05) is 22.2 Å². The van der Waals surface area contributed by atoms with Gasteiger partial charge < -0.3 is 5.11 Å². The summed E-state index contributed by atoms with van der Waals surface area (Å²) in [4.78, 5) is 0.00804. The molecule has 0 spiro atoms. The summed E-state index contributed by atoms with van der Waals surface area (Å²) < 4.78 is 30.1. The number of nitrogens with zero attached hydrogens (tertiary/aromatic N) is 1. The molecular weight excluding hydrogens is 631 g/mol. The van der Waals surface area contributed by atoms with Gasteiger partial charge in [-0.25, -0.2) is 0 Å². The normalized spacial score (nSPS) is 12.4. The van der Waals surface area contributed by atoms with E-state index < -0.39 is 15.9 Å². The Morgan fingerprint density at radius 1 is 1.05 bits per heavy atom. The molecule has 8 heteroatoms. The summed E-state index contributed by atoms with van der Waals surface area (Å²) in [6, 6.07) is 11.2. The number of halogens is 3. The van der Waals surface area contributed by atoms with Crippen molar-refractivity contribution < 1.29 is 13.5 Å². The van der Waals surface area contributed by atoms with Crippen molar-refractivity contribution in [3.05, 3.63) is 58.7 Å². The Balaban J connectivity index is 2.52. The van der Waals surface area contributed by atoms with E-state index in [2.05, 4.69) is 49.6 Å². The van der Waals surface area contributed by atoms with Crippen LogP contribution in [0, 0.1) is 10.7 Å². The average Bonchev–Trinajstić information content (AvgIpc) is 2.43. The molecule has 2 aromatic rings. The van der Waals surface area contributed by atoms with Gasteiger partial charge in [-0.05, 0) is 92.0 Å². The minimum absolute atomic E-state index is 0.00804. The smallest absolute Gasteiger partial charge is 0.281 e. The summed E-state index contributed by atoms with van der Waals surface area (Å²) in [5.74, 6) is -0.750. The van der Waals surface area contributed by atoms with Gasteiger partial charge in [0.2, 0.25) is 0 Å². The van der Waals surface area contributed by atoms with Crippen molar-refractivity contribution in [1.82, 2.24) is 0 Å². The van der Waals surface area contributed by atoms with Crippen molar-refractivity contribution in [1.29, 1.82) is 0 Å². The van der Waals surface area contributed by atoms with Crippen LogP contribution in [0.4, 0.5) is 0 Å². The molecule has 0 atom stereocenters. The van der Waals surface area contributed by atoms with Gasteiger partial charge in [-0.2, -0.15) is 12.8 Å². The maximum Gasteiger partial charge on any atom is 0.281 e. The monoisotopic (exact) mass is 638 g/mol. The molecule has 0 aromatic heterocycles. The highest BCUT2D eigenvalue weighted by molar-refractivity contribution is 14.1. The largest absolute Gasteiger partial charge is 0.858 e. The van der Waals surface area contributed by atoms with Gasteiger partial charge in [-0.1, -0.05) is 18.2 Å². The van der Waals surface area contributed by atoms with E-state index in [-0.39, 0.29) is 4.90 Å². The molecule has 0 aliphatic rings. The maximum atomic E-state index is 12.2. The Bertz CT molecular complexity index is 805. The fourth-order valence-corrected chi connectivity index (χ4v) is 4.83. The predicted molar refractivity (Wildman–Crippen MR) is 105 cm³/mol. The third kappa shape index (κ3) is 4.28. The first kappa shape index (κ1) is 17.4. The first-order chi connectivity index (χ1) is 9.81. The molecule has 0 heterocycles. The van der Waals surface area contributed by atoms with E-state index in [4.69, 9.17) is 0 Å². The SMILES string of the molecule is O=S(=O)(/N=C(\[O-])c1cc(I)cc(I)c1I)c1ccccc1. The quantitative estimate of drug-likeness (QED) is 0.225. The molecule has 4 nitrogen and oxygen atoms in total. The molecular formula is C13H7I3NO3S-. The lowest BCUT2D eigenvalue weighted by Gasteiger charge is -2.14. The van der Waals surface area contributed by atoms with Crippen LogP contribution in [-0.4, -0.2) is 14.3 Å². The summed E-state index contributed by atoms with van der Waals surface area (Å²) in [6.45, 7) is 0. The molecule has 0 amide bonds. The molecule has 0 aliphatic carbocycles. The van der Waals surface area contributed by atoms with Crippen molar-refractivity contribution >= 4 is 83.7 Å². The highest BCUT2D eigenvalue weighted by Gasteiger charge is 2.13. The molecule has 0 N–H and O–H groups in total. The first-order valence-corrected chi connectivity index (χ1v) is 10.2. The van der Waals surface area contributed by atoms with Crippen molar-refractivity contribution in [3.8, 4) is 0 Å². The van der Waals surface area contributed by atoms with E-state index in [1.54, 1.807) is 24.3 Å². The number of hydrogen-bond acceptors (Lipinski definition) is 3. The lowest BCUT2D eigenvalue weighted by atomic mass is 10.2. The third-order valence-corrected chi connectivity index (χ3v) is 7.41. The third-order valence-electron chi connectivity index (χ3n) is 2.47. The van der Waals surface area contributed by atoms with E-state index in [1.165, 1.54) is 12.1 Å². The topological polar surface area (TPSA) is 69.6 Å². The van der Waals surface area contributed by atoms with Gasteiger partial charge in [0.25, 0.3) is 10.0 Å². The summed E-state index contributed by atoms with van der Waals surface area (Å²) in [5.41, 5.74) is 0.298. The highest BCUT2D eigenvalue weighted by Crippen LogP contribution is 2.23. The Kier molecular flexibility index (Phi) is 5.87. The molecule has 0 unspecified atom stereocenters. The van der Waals surface area contributed by atoms with Crippen LogP contribution in [-0.2, 0) is 10.0 Å². The Morgan fingerprint density at radius 2 is 1.67 bits per heavy atom. The number of hydrogen-bond donors (Lipinski definition) is 0. The number of benzene rings is 2. The van der Waals surface area contributed by atoms with Crippen molar-refractivity contribution in [3.63, 3.8) is 0 Å². The molecule has 110 valence electrons. The van der Waals surface area contributed by atoms with E-state index >= 15 is 0 Å². The van der Waals surface area contributed by atoms with Crippen molar-refractivity contribution in [2.24, 2.45) is 4.40 Å². The second-order valence-electron chi connectivity index (χ2n) is 3.93. The number of sulfonamides is 1. The molecule has 0 fully saturated rings. The van der Waals surface area contributed by atoms with Crippen LogP contribution in [0.1, 0.15) is 5.56 Å². The molecule has 0 aliphatic heterocycles. The fraction of sp³-hybridized carbons (Fsp3) is 0. The van der Waals surface area contributed by atoms with Gasteiger partial charge in [0.05, 0.1) is 4.90 Å². The van der Waals surface area contributed by atoms with E-state index in [0.717, 1.165) is 7.14 Å². The standard InChI is InChI=1S/C13H8I3NO3S/c14-8-6-10(12(16)11(15)7-8)13(18)17-21(19,20)9-4-2-1-3-5-9/h1-7H,(H,17,18)/p-1. The molecule has 0 saturated carbocycles. The van der Waals surface area contributed by atoms with Crippen LogP contribution >= 0.6 is 67.8 Å². The Labute approximate surface area is 163 Å². The van der Waals surface area contributed by atoms with Crippen LogP contribution in [0.3, 0.4) is 0 Å². The van der Waals surface area contributed by atoms with Crippen molar-refractivity contribution in [2.75, 3.05) is 0 Å². The first-order valence-electron chi connectivity index (χ1n) is 5.53. The van der Waals surface area contributed by atoms with E-state index in [0.29, 0.717) is 9.13 Å². The zero-order chi connectivity index (χ0) is 15.6. The summed E-state index contributed by atoms with van der Waals surface area (Å²) in [5, 5.41) is 12.2. The minimum Gasteiger partial charge on any atom is -0.858 e. The van der Waals surface area contributed by atoms with Crippen LogP contribution in [0.25, 0.3) is 0 Å². The van der Waals surface area contributed by atoms with Crippen LogP contribution in [0.15, 0.2) is 51.8 Å². The van der Waals surface area contributed by atoms with Gasteiger partial charge in [-0.3, -0.25) is 0 Å². The number of rotatable bonds is 3. The Hall–Kier alpha value is 0.0500. The van der Waals surface area contributed by atoms with E-state index in [1.807, 2.05) is 28.7 Å². The average molecular weight is 638 g/mol. The van der Waals surface area contributed by atoms with Crippen LogP contribution in [0.5, 0.6) is 0 Å². The maximum absolute atomic E-state index is 12.2. The second kappa shape index (κ2) is 7.08. The lowest BCUT2D eigenvalue weighted by Crippen LogP contribution is -2.22. The Morgan fingerprint density at radius 3 is 2.29 bits per heavy atom. The lowest BCUT2D eigenvalue weighted by molar-refractivity contribution is -0.212. The summed E-state index contributed by atoms with van der Waals surface area (Å²) in [6.07, 6.45) is 0. The van der Waals surface area contributed by atoms with Gasteiger partial charge >= 0.3 is 0 Å². The van der Waals surface area contributed by atoms with Crippen LogP contribution < -0.4 is 5.11 Å². The summed E-state index contributed by atoms with van der Waals surface area (Å²) in [7, 11) is -3.98. The molecule has 0 bridgehead atoms.